The third-order valence-electron chi connectivity index (χ3n) is 3.78. The number of aromatic nitrogens is 9. The maximum atomic E-state index is 5.90. The van der Waals surface area contributed by atoms with Crippen LogP contribution in [-0.4, -0.2) is 51.2 Å². The molecule has 0 unspecified atom stereocenters. The number of hydrogen-bond donors (Lipinski definition) is 0. The number of fused-ring (bicyclic) bond motifs is 1. The first-order valence-corrected chi connectivity index (χ1v) is 8.91. The van der Waals surface area contributed by atoms with E-state index in [1.807, 2.05) is 27.0 Å². The van der Waals surface area contributed by atoms with Crippen LogP contribution in [0.25, 0.3) is 11.7 Å². The molecule has 134 valence electrons. The van der Waals surface area contributed by atoms with Gasteiger partial charge in [0, 0.05) is 17.3 Å². The Balaban J connectivity index is 1.65. The van der Waals surface area contributed by atoms with Crippen molar-refractivity contribution >= 4 is 17.5 Å². The molecular formula is C14H15N9O2S. The minimum absolute atomic E-state index is 0.110. The second kappa shape index (κ2) is 6.37. The topological polar surface area (TPSA) is 122 Å². The molecule has 0 radical (unpaired) electrons. The maximum Gasteiger partial charge on any atom is 0.258 e. The number of ether oxygens (including phenoxy) is 1. The van der Waals surface area contributed by atoms with E-state index in [1.54, 1.807) is 10.6 Å². The maximum absolute atomic E-state index is 5.90. The van der Waals surface area contributed by atoms with Crippen molar-refractivity contribution in [2.75, 3.05) is 6.26 Å². The molecule has 0 atom stereocenters. The molecule has 0 aromatic carbocycles. The second-order valence-electron chi connectivity index (χ2n) is 5.54. The molecule has 12 heteroatoms. The van der Waals surface area contributed by atoms with E-state index < -0.39 is 0 Å². The molecule has 0 aliphatic heterocycles. The van der Waals surface area contributed by atoms with Crippen molar-refractivity contribution in [2.24, 2.45) is 0 Å². The Hall–Kier alpha value is -3.02. The summed E-state index contributed by atoms with van der Waals surface area (Å²) in [5.41, 5.74) is 2.41. The fraction of sp³-hybridized carbons (Fsp3) is 0.357. The van der Waals surface area contributed by atoms with Gasteiger partial charge in [0.2, 0.25) is 11.0 Å². The van der Waals surface area contributed by atoms with Gasteiger partial charge in [-0.05, 0) is 37.5 Å². The highest BCUT2D eigenvalue weighted by atomic mass is 32.2. The molecule has 4 aromatic rings. The van der Waals surface area contributed by atoms with E-state index in [4.69, 9.17) is 9.26 Å². The van der Waals surface area contributed by atoms with Crippen LogP contribution in [0.15, 0.2) is 15.7 Å². The molecule has 0 saturated carbocycles. The Bertz CT molecular complexity index is 1080. The van der Waals surface area contributed by atoms with Crippen LogP contribution in [0.4, 0.5) is 0 Å². The van der Waals surface area contributed by atoms with Crippen molar-refractivity contribution in [1.29, 1.82) is 0 Å². The normalized spacial score (nSPS) is 11.4. The van der Waals surface area contributed by atoms with Gasteiger partial charge in [-0.3, -0.25) is 0 Å². The number of aryl methyl sites for hydroxylation is 2. The zero-order valence-corrected chi connectivity index (χ0v) is 15.4. The smallest absolute Gasteiger partial charge is 0.258 e. The summed E-state index contributed by atoms with van der Waals surface area (Å²) in [5.74, 6) is 1.91. The highest BCUT2D eigenvalue weighted by molar-refractivity contribution is 7.98. The Kier molecular flexibility index (Phi) is 4.03. The van der Waals surface area contributed by atoms with Crippen molar-refractivity contribution < 1.29 is 9.26 Å². The molecule has 0 aliphatic rings. The zero-order chi connectivity index (χ0) is 18.3. The molecule has 0 N–H and O–H groups in total. The van der Waals surface area contributed by atoms with E-state index >= 15 is 0 Å². The summed E-state index contributed by atoms with van der Waals surface area (Å²) in [5, 5.41) is 20.6. The summed E-state index contributed by atoms with van der Waals surface area (Å²) in [7, 11) is 0. The minimum Gasteiger partial charge on any atom is -0.469 e. The van der Waals surface area contributed by atoms with Crippen LogP contribution in [0.1, 0.15) is 22.8 Å². The monoisotopic (exact) mass is 373 g/mol. The van der Waals surface area contributed by atoms with Gasteiger partial charge in [0.1, 0.15) is 0 Å². The molecule has 0 amide bonds. The third-order valence-corrected chi connectivity index (χ3v) is 4.32. The Labute approximate surface area is 151 Å². The van der Waals surface area contributed by atoms with Gasteiger partial charge in [-0.25, -0.2) is 4.98 Å². The van der Waals surface area contributed by atoms with Gasteiger partial charge in [-0.15, -0.1) is 10.2 Å². The molecule has 4 aromatic heterocycles. The molecule has 0 spiro atoms. The summed E-state index contributed by atoms with van der Waals surface area (Å²) >= 11 is 1.43. The van der Waals surface area contributed by atoms with E-state index in [0.29, 0.717) is 28.5 Å². The molecule has 0 fully saturated rings. The Morgan fingerprint density at radius 2 is 2.08 bits per heavy atom. The molecule has 4 rings (SSSR count). The standard InChI is InChI=1S/C14H15N9O2S/c1-7-5-11(23-13(15-7)16-14(18-23)26-4)24-6-10-17-20-21-22(10)12-8(2)9(3)19-25-12/h5H,6H2,1-4H3. The van der Waals surface area contributed by atoms with E-state index in [0.717, 1.165) is 17.0 Å². The average Bonchev–Trinajstić information content (AvgIpc) is 3.32. The van der Waals surface area contributed by atoms with Crippen molar-refractivity contribution in [3.8, 4) is 11.8 Å². The quantitative estimate of drug-likeness (QED) is 0.473. The van der Waals surface area contributed by atoms with E-state index in [-0.39, 0.29) is 6.61 Å². The van der Waals surface area contributed by atoms with Gasteiger partial charge in [0.05, 0.1) is 5.69 Å². The number of nitrogens with zero attached hydrogens (tertiary/aromatic N) is 9. The van der Waals surface area contributed by atoms with Crippen LogP contribution in [0, 0.1) is 20.8 Å². The number of hydrogen-bond acceptors (Lipinski definition) is 10. The van der Waals surface area contributed by atoms with Gasteiger partial charge in [0.15, 0.2) is 12.4 Å². The molecular weight excluding hydrogens is 358 g/mol. The molecule has 0 bridgehead atoms. The van der Waals surface area contributed by atoms with Crippen LogP contribution >= 0.6 is 11.8 Å². The fourth-order valence-corrected chi connectivity index (χ4v) is 2.65. The number of thioether (sulfide) groups is 1. The number of rotatable bonds is 5. The minimum atomic E-state index is 0.110. The average molecular weight is 373 g/mol. The van der Waals surface area contributed by atoms with Gasteiger partial charge in [-0.2, -0.15) is 14.2 Å². The first kappa shape index (κ1) is 16.4. The lowest BCUT2D eigenvalue weighted by molar-refractivity contribution is 0.269. The highest BCUT2D eigenvalue weighted by Crippen LogP contribution is 2.20. The molecule has 4 heterocycles. The van der Waals surface area contributed by atoms with Crippen molar-refractivity contribution in [3.63, 3.8) is 0 Å². The molecule has 0 aliphatic carbocycles. The predicted molar refractivity (Wildman–Crippen MR) is 90.3 cm³/mol. The van der Waals surface area contributed by atoms with Crippen molar-refractivity contribution in [3.05, 3.63) is 28.8 Å². The lowest BCUT2D eigenvalue weighted by Crippen LogP contribution is -2.09. The predicted octanol–water partition coefficient (Wildman–Crippen LogP) is 1.31. The van der Waals surface area contributed by atoms with E-state index in [1.165, 1.54) is 16.4 Å². The van der Waals surface area contributed by atoms with Crippen molar-refractivity contribution in [1.82, 2.24) is 44.9 Å². The van der Waals surface area contributed by atoms with Crippen LogP contribution in [-0.2, 0) is 6.61 Å². The van der Waals surface area contributed by atoms with E-state index in [9.17, 15) is 0 Å². The fourth-order valence-electron chi connectivity index (χ4n) is 2.32. The van der Waals surface area contributed by atoms with Crippen LogP contribution in [0.3, 0.4) is 0 Å². The van der Waals surface area contributed by atoms with Crippen LogP contribution in [0.5, 0.6) is 5.88 Å². The van der Waals surface area contributed by atoms with Crippen LogP contribution < -0.4 is 4.74 Å². The molecule has 11 nitrogen and oxygen atoms in total. The molecule has 26 heavy (non-hydrogen) atoms. The van der Waals surface area contributed by atoms with E-state index in [2.05, 4.69) is 35.7 Å². The zero-order valence-electron chi connectivity index (χ0n) is 14.5. The first-order valence-electron chi connectivity index (χ1n) is 7.68. The van der Waals surface area contributed by atoms with Crippen LogP contribution in [0.2, 0.25) is 0 Å². The SMILES string of the molecule is CSc1nc2nc(C)cc(OCc3nnnn3-c3onc(C)c3C)n2n1. The summed E-state index contributed by atoms with van der Waals surface area (Å²) in [6.07, 6.45) is 1.90. The van der Waals surface area contributed by atoms with Gasteiger partial charge in [0.25, 0.3) is 11.7 Å². The first-order chi connectivity index (χ1) is 12.6. The Morgan fingerprint density at radius 3 is 2.81 bits per heavy atom. The van der Waals surface area contributed by atoms with Gasteiger partial charge < -0.3 is 9.26 Å². The summed E-state index contributed by atoms with van der Waals surface area (Å²) < 4.78 is 14.2. The largest absolute Gasteiger partial charge is 0.469 e. The Morgan fingerprint density at radius 1 is 1.23 bits per heavy atom. The summed E-state index contributed by atoms with van der Waals surface area (Å²) in [4.78, 5) is 8.69. The van der Waals surface area contributed by atoms with Gasteiger partial charge in [-0.1, -0.05) is 16.9 Å². The summed E-state index contributed by atoms with van der Waals surface area (Å²) in [6.45, 7) is 5.72. The third kappa shape index (κ3) is 2.77. The van der Waals surface area contributed by atoms with Crippen molar-refractivity contribution in [2.45, 2.75) is 32.5 Å². The lowest BCUT2D eigenvalue weighted by Gasteiger charge is -2.07. The molecule has 0 saturated heterocycles. The second-order valence-corrected chi connectivity index (χ2v) is 6.31. The summed E-state index contributed by atoms with van der Waals surface area (Å²) in [6, 6.07) is 1.78. The highest BCUT2D eigenvalue weighted by Gasteiger charge is 2.18. The lowest BCUT2D eigenvalue weighted by atomic mass is 10.3. The van der Waals surface area contributed by atoms with Gasteiger partial charge >= 0.3 is 0 Å². The number of tetrazole rings is 1.